The van der Waals surface area contributed by atoms with Gasteiger partial charge in [0.15, 0.2) is 0 Å². The fourth-order valence-corrected chi connectivity index (χ4v) is 3.36. The van der Waals surface area contributed by atoms with Crippen molar-refractivity contribution in [1.82, 2.24) is 0 Å². The lowest BCUT2D eigenvalue weighted by atomic mass is 10.2. The summed E-state index contributed by atoms with van der Waals surface area (Å²) in [4.78, 5) is 0. The molecule has 0 amide bonds. The van der Waals surface area contributed by atoms with Crippen LogP contribution in [-0.2, 0) is 15.8 Å². The second-order valence-corrected chi connectivity index (χ2v) is 7.28. The monoisotopic (exact) mass is 384 g/mol. The predicted octanol–water partition coefficient (Wildman–Crippen LogP) is 3.92. The van der Waals surface area contributed by atoms with Gasteiger partial charge >= 0.3 is 0 Å². The van der Waals surface area contributed by atoms with E-state index in [9.17, 15) is 8.42 Å². The van der Waals surface area contributed by atoms with Crippen molar-refractivity contribution in [1.29, 1.82) is 5.26 Å². The maximum atomic E-state index is 12.1. The molecule has 108 valence electrons. The Kier molecular flexibility index (Phi) is 4.88. The van der Waals surface area contributed by atoms with Crippen molar-refractivity contribution in [2.24, 2.45) is 0 Å². The molecule has 0 bridgehead atoms. The van der Waals surface area contributed by atoms with Gasteiger partial charge in [0.1, 0.15) is 0 Å². The van der Waals surface area contributed by atoms with Gasteiger partial charge in [-0.1, -0.05) is 23.7 Å². The first kappa shape index (κ1) is 15.8. The zero-order valence-electron chi connectivity index (χ0n) is 10.7. The molecule has 0 fully saturated rings. The Morgan fingerprint density at radius 2 is 1.86 bits per heavy atom. The molecule has 0 radical (unpaired) electrons. The van der Waals surface area contributed by atoms with Gasteiger partial charge in [0.25, 0.3) is 0 Å². The van der Waals surface area contributed by atoms with Crippen molar-refractivity contribution >= 4 is 43.2 Å². The third-order valence-electron chi connectivity index (χ3n) is 2.63. The molecule has 0 atom stereocenters. The molecule has 0 spiro atoms. The van der Waals surface area contributed by atoms with Gasteiger partial charge in [-0.15, -0.1) is 0 Å². The van der Waals surface area contributed by atoms with Crippen LogP contribution in [-0.4, -0.2) is 8.42 Å². The van der Waals surface area contributed by atoms with Crippen LogP contribution in [0.2, 0.25) is 5.02 Å². The molecule has 0 aliphatic heterocycles. The number of nitrogens with one attached hydrogen (secondary N) is 1. The fraction of sp³-hybridized carbons (Fsp3) is 0.0714. The molecule has 4 nitrogen and oxygen atoms in total. The quantitative estimate of drug-likeness (QED) is 0.867. The Labute approximate surface area is 136 Å². The molecular formula is C14H10BrClN2O2S. The predicted molar refractivity (Wildman–Crippen MR) is 86.6 cm³/mol. The summed E-state index contributed by atoms with van der Waals surface area (Å²) in [6.45, 7) is 0. The minimum absolute atomic E-state index is 0.168. The average molecular weight is 386 g/mol. The zero-order valence-corrected chi connectivity index (χ0v) is 13.8. The average Bonchev–Trinajstić information content (AvgIpc) is 2.43. The largest absolute Gasteiger partial charge is 0.283 e. The number of benzene rings is 2. The van der Waals surface area contributed by atoms with E-state index in [0.29, 0.717) is 26.3 Å². The van der Waals surface area contributed by atoms with Gasteiger partial charge in [0, 0.05) is 10.2 Å². The normalized spacial score (nSPS) is 10.9. The van der Waals surface area contributed by atoms with Gasteiger partial charge < -0.3 is 0 Å². The number of nitriles is 1. The third kappa shape index (κ3) is 4.46. The van der Waals surface area contributed by atoms with Gasteiger partial charge in [-0.25, -0.2) is 8.42 Å². The van der Waals surface area contributed by atoms with Crippen LogP contribution in [0, 0.1) is 11.3 Å². The van der Waals surface area contributed by atoms with Crippen LogP contribution in [0.15, 0.2) is 46.9 Å². The van der Waals surface area contributed by atoms with E-state index in [1.807, 2.05) is 6.07 Å². The second kappa shape index (κ2) is 6.48. The smallest absolute Gasteiger partial charge is 0.236 e. The molecule has 2 aromatic rings. The number of hydrogen-bond acceptors (Lipinski definition) is 3. The van der Waals surface area contributed by atoms with E-state index in [0.717, 1.165) is 0 Å². The Bertz CT molecular complexity index is 799. The molecule has 0 aliphatic carbocycles. The number of sulfonamides is 1. The maximum absolute atomic E-state index is 12.1. The number of hydrogen-bond donors (Lipinski definition) is 1. The highest BCUT2D eigenvalue weighted by atomic mass is 79.9. The lowest BCUT2D eigenvalue weighted by Crippen LogP contribution is -2.15. The molecule has 0 saturated carbocycles. The van der Waals surface area contributed by atoms with E-state index in [4.69, 9.17) is 16.9 Å². The number of halogens is 2. The van der Waals surface area contributed by atoms with E-state index < -0.39 is 10.0 Å². The molecule has 1 N–H and O–H groups in total. The molecule has 7 heteroatoms. The van der Waals surface area contributed by atoms with Gasteiger partial charge in [-0.05, 0) is 51.8 Å². The second-order valence-electron chi connectivity index (χ2n) is 4.30. The summed E-state index contributed by atoms with van der Waals surface area (Å²) in [6.07, 6.45) is 0. The number of anilines is 1. The zero-order chi connectivity index (χ0) is 15.5. The van der Waals surface area contributed by atoms with Crippen LogP contribution in [0.3, 0.4) is 0 Å². The molecule has 21 heavy (non-hydrogen) atoms. The summed E-state index contributed by atoms with van der Waals surface area (Å²) in [5.74, 6) is -0.168. The standard InChI is InChI=1S/C14H10BrClN2O2S/c15-13-7-12(5-6-14(13)16)18-21(19,20)9-11-3-1-10(8-17)2-4-11/h1-7,18H,9H2. The molecule has 0 heterocycles. The van der Waals surface area contributed by atoms with Crippen molar-refractivity contribution < 1.29 is 8.42 Å². The van der Waals surface area contributed by atoms with E-state index >= 15 is 0 Å². The van der Waals surface area contributed by atoms with Crippen LogP contribution >= 0.6 is 27.5 Å². The van der Waals surface area contributed by atoms with Crippen molar-refractivity contribution in [2.75, 3.05) is 4.72 Å². The summed E-state index contributed by atoms with van der Waals surface area (Å²) in [5.41, 5.74) is 1.53. The summed E-state index contributed by atoms with van der Waals surface area (Å²) < 4.78 is 27.3. The molecule has 0 aromatic heterocycles. The minimum Gasteiger partial charge on any atom is -0.283 e. The Morgan fingerprint density at radius 3 is 2.43 bits per heavy atom. The Balaban J connectivity index is 2.14. The van der Waals surface area contributed by atoms with Crippen LogP contribution < -0.4 is 4.72 Å². The first-order valence-corrected chi connectivity index (χ1v) is 8.66. The highest BCUT2D eigenvalue weighted by Gasteiger charge is 2.12. The Morgan fingerprint density at radius 1 is 1.19 bits per heavy atom. The van der Waals surface area contributed by atoms with E-state index in [2.05, 4.69) is 20.7 Å². The molecule has 2 aromatic carbocycles. The van der Waals surface area contributed by atoms with Gasteiger partial charge in [0.05, 0.1) is 22.4 Å². The van der Waals surface area contributed by atoms with Crippen LogP contribution in [0.25, 0.3) is 0 Å². The molecule has 0 aliphatic rings. The Hall–Kier alpha value is -1.55. The fourth-order valence-electron chi connectivity index (χ4n) is 1.67. The molecule has 0 unspecified atom stereocenters. The van der Waals surface area contributed by atoms with Gasteiger partial charge in [-0.2, -0.15) is 5.26 Å². The molecule has 2 rings (SSSR count). The van der Waals surface area contributed by atoms with E-state index in [-0.39, 0.29) is 5.75 Å². The molecule has 0 saturated heterocycles. The first-order valence-electron chi connectivity index (χ1n) is 5.84. The lowest BCUT2D eigenvalue weighted by Gasteiger charge is -2.09. The topological polar surface area (TPSA) is 70.0 Å². The van der Waals surface area contributed by atoms with Crippen molar-refractivity contribution in [2.45, 2.75) is 5.75 Å². The number of rotatable bonds is 4. The van der Waals surface area contributed by atoms with Gasteiger partial charge in [-0.3, -0.25) is 4.72 Å². The minimum atomic E-state index is -3.53. The highest BCUT2D eigenvalue weighted by molar-refractivity contribution is 9.10. The molecular weight excluding hydrogens is 376 g/mol. The number of nitrogens with zero attached hydrogens (tertiary/aromatic N) is 1. The van der Waals surface area contributed by atoms with Crippen molar-refractivity contribution in [3.8, 4) is 6.07 Å². The van der Waals surface area contributed by atoms with Gasteiger partial charge in [0.2, 0.25) is 10.0 Å². The van der Waals surface area contributed by atoms with Crippen LogP contribution in [0.1, 0.15) is 11.1 Å². The lowest BCUT2D eigenvalue weighted by molar-refractivity contribution is 0.600. The van der Waals surface area contributed by atoms with Crippen LogP contribution in [0.4, 0.5) is 5.69 Å². The van der Waals surface area contributed by atoms with Crippen molar-refractivity contribution in [3.63, 3.8) is 0 Å². The summed E-state index contributed by atoms with van der Waals surface area (Å²) in [6, 6.07) is 13.2. The summed E-state index contributed by atoms with van der Waals surface area (Å²) in [5, 5.41) is 9.21. The highest BCUT2D eigenvalue weighted by Crippen LogP contribution is 2.26. The summed E-state index contributed by atoms with van der Waals surface area (Å²) >= 11 is 9.10. The maximum Gasteiger partial charge on any atom is 0.236 e. The van der Waals surface area contributed by atoms with Crippen molar-refractivity contribution in [3.05, 3.63) is 63.1 Å². The van der Waals surface area contributed by atoms with E-state index in [1.54, 1.807) is 42.5 Å². The van der Waals surface area contributed by atoms with E-state index in [1.165, 1.54) is 0 Å². The first-order chi connectivity index (χ1) is 9.89. The summed E-state index contributed by atoms with van der Waals surface area (Å²) in [7, 11) is -3.53. The van der Waals surface area contributed by atoms with Crippen LogP contribution in [0.5, 0.6) is 0 Å². The SMILES string of the molecule is N#Cc1ccc(CS(=O)(=O)Nc2ccc(Cl)c(Br)c2)cc1. The third-order valence-corrected chi connectivity index (χ3v) is 5.11.